The third-order valence-corrected chi connectivity index (χ3v) is 4.07. The van der Waals surface area contributed by atoms with Crippen LogP contribution in [0, 0.1) is 18.8 Å². The minimum atomic E-state index is -0.0550. The molecule has 1 aromatic rings. The molecule has 110 valence electrons. The third-order valence-electron chi connectivity index (χ3n) is 4.07. The van der Waals surface area contributed by atoms with Gasteiger partial charge in [-0.3, -0.25) is 4.79 Å². The molecule has 2 N–H and O–H groups in total. The summed E-state index contributed by atoms with van der Waals surface area (Å²) in [6.07, 6.45) is 2.98. The highest BCUT2D eigenvalue weighted by molar-refractivity contribution is 5.97. The van der Waals surface area contributed by atoms with Gasteiger partial charge >= 0.3 is 0 Å². The van der Waals surface area contributed by atoms with Crippen molar-refractivity contribution in [3.8, 4) is 0 Å². The number of fused-ring (bicyclic) bond motifs is 1. The molecule has 3 heteroatoms. The van der Waals surface area contributed by atoms with E-state index in [-0.39, 0.29) is 11.8 Å². The number of para-hydroxylation sites is 1. The van der Waals surface area contributed by atoms with E-state index < -0.39 is 0 Å². The number of carbonyl (C=O) groups excluding carboxylic acids is 1. The van der Waals surface area contributed by atoms with Gasteiger partial charge in [0.2, 0.25) is 5.91 Å². The number of anilines is 1. The highest BCUT2D eigenvalue weighted by atomic mass is 16.2. The number of carbonyl (C=O) groups is 1. The number of hydrogen-bond acceptors (Lipinski definition) is 2. The Kier molecular flexibility index (Phi) is 4.81. The van der Waals surface area contributed by atoms with E-state index in [0.717, 1.165) is 31.5 Å². The topological polar surface area (TPSA) is 46.3 Å². The molecule has 0 aromatic heterocycles. The fourth-order valence-electron chi connectivity index (χ4n) is 3.15. The second-order valence-corrected chi connectivity index (χ2v) is 6.24. The van der Waals surface area contributed by atoms with Crippen LogP contribution in [-0.4, -0.2) is 19.0 Å². The first-order valence-electron chi connectivity index (χ1n) is 7.64. The van der Waals surface area contributed by atoms with Gasteiger partial charge in [-0.1, -0.05) is 32.0 Å². The van der Waals surface area contributed by atoms with Gasteiger partial charge in [0.25, 0.3) is 0 Å². The summed E-state index contributed by atoms with van der Waals surface area (Å²) in [5.74, 6) is 0.644. The minimum Gasteiger partial charge on any atom is -0.330 e. The molecule has 0 spiro atoms. The largest absolute Gasteiger partial charge is 0.330 e. The Balaban J connectivity index is 2.28. The van der Waals surface area contributed by atoms with Crippen molar-refractivity contribution in [1.29, 1.82) is 0 Å². The van der Waals surface area contributed by atoms with Crippen LogP contribution in [0.2, 0.25) is 0 Å². The van der Waals surface area contributed by atoms with E-state index >= 15 is 0 Å². The molecule has 1 atom stereocenters. The van der Waals surface area contributed by atoms with Crippen molar-refractivity contribution >= 4 is 11.6 Å². The summed E-state index contributed by atoms with van der Waals surface area (Å²) >= 11 is 0. The molecule has 0 aliphatic carbocycles. The summed E-state index contributed by atoms with van der Waals surface area (Å²) in [5.41, 5.74) is 9.46. The molecular weight excluding hydrogens is 248 g/mol. The van der Waals surface area contributed by atoms with E-state index in [1.807, 2.05) is 4.90 Å². The molecule has 0 saturated heterocycles. The van der Waals surface area contributed by atoms with E-state index in [4.69, 9.17) is 5.73 Å². The van der Waals surface area contributed by atoms with Crippen LogP contribution in [0.15, 0.2) is 18.2 Å². The first-order chi connectivity index (χ1) is 9.54. The average molecular weight is 274 g/mol. The summed E-state index contributed by atoms with van der Waals surface area (Å²) in [6.45, 7) is 7.64. The molecule has 0 bridgehead atoms. The van der Waals surface area contributed by atoms with Crippen LogP contribution in [0.3, 0.4) is 0 Å². The summed E-state index contributed by atoms with van der Waals surface area (Å²) in [7, 11) is 0. The molecule has 1 aliphatic rings. The van der Waals surface area contributed by atoms with Gasteiger partial charge in [0.15, 0.2) is 0 Å². The lowest BCUT2D eigenvalue weighted by Crippen LogP contribution is -2.42. The predicted octanol–water partition coefficient (Wildman–Crippen LogP) is 2.90. The van der Waals surface area contributed by atoms with Gasteiger partial charge in [0.1, 0.15) is 0 Å². The number of aryl methyl sites for hydroxylation is 2. The summed E-state index contributed by atoms with van der Waals surface area (Å²) in [4.78, 5) is 14.8. The molecule has 1 amide bonds. The predicted molar refractivity (Wildman–Crippen MR) is 83.9 cm³/mol. The quantitative estimate of drug-likeness (QED) is 0.917. The Morgan fingerprint density at radius 3 is 2.80 bits per heavy atom. The molecule has 0 radical (unpaired) electrons. The van der Waals surface area contributed by atoms with E-state index in [0.29, 0.717) is 12.5 Å². The zero-order valence-corrected chi connectivity index (χ0v) is 12.9. The van der Waals surface area contributed by atoms with Crippen LogP contribution < -0.4 is 10.6 Å². The van der Waals surface area contributed by atoms with Gasteiger partial charge < -0.3 is 10.6 Å². The number of benzene rings is 1. The molecular formula is C17H26N2O. The van der Waals surface area contributed by atoms with Crippen molar-refractivity contribution in [1.82, 2.24) is 0 Å². The fraction of sp³-hybridized carbons (Fsp3) is 0.588. The van der Waals surface area contributed by atoms with Crippen molar-refractivity contribution in [3.63, 3.8) is 0 Å². The van der Waals surface area contributed by atoms with Gasteiger partial charge in [-0.05, 0) is 43.2 Å². The first kappa shape index (κ1) is 15.0. The Morgan fingerprint density at radius 2 is 2.15 bits per heavy atom. The normalized spacial score (nSPS) is 16.1. The monoisotopic (exact) mass is 274 g/mol. The van der Waals surface area contributed by atoms with Crippen molar-refractivity contribution in [2.24, 2.45) is 17.6 Å². The Bertz CT molecular complexity index is 482. The summed E-state index contributed by atoms with van der Waals surface area (Å²) in [6, 6.07) is 6.31. The Hall–Kier alpha value is -1.35. The first-order valence-corrected chi connectivity index (χ1v) is 7.64. The number of nitrogens with zero attached hydrogens (tertiary/aromatic N) is 1. The number of amides is 1. The van der Waals surface area contributed by atoms with Gasteiger partial charge in [0.05, 0.1) is 5.92 Å². The van der Waals surface area contributed by atoms with Crippen LogP contribution in [0.1, 0.15) is 37.8 Å². The zero-order valence-electron chi connectivity index (χ0n) is 12.9. The summed E-state index contributed by atoms with van der Waals surface area (Å²) in [5, 5.41) is 0. The lowest BCUT2D eigenvalue weighted by Gasteiger charge is -2.34. The smallest absolute Gasteiger partial charge is 0.231 e. The fourth-order valence-corrected chi connectivity index (χ4v) is 3.15. The maximum Gasteiger partial charge on any atom is 0.231 e. The number of hydrogen-bond donors (Lipinski definition) is 1. The second-order valence-electron chi connectivity index (χ2n) is 6.24. The SMILES string of the molecule is Cc1cccc2c1N(C(=O)C(CN)CC(C)C)CCC2. The molecule has 1 aliphatic heterocycles. The van der Waals surface area contributed by atoms with Crippen molar-refractivity contribution in [2.75, 3.05) is 18.0 Å². The van der Waals surface area contributed by atoms with Gasteiger partial charge in [-0.2, -0.15) is 0 Å². The van der Waals surface area contributed by atoms with Crippen LogP contribution in [0.25, 0.3) is 0 Å². The molecule has 20 heavy (non-hydrogen) atoms. The van der Waals surface area contributed by atoms with E-state index in [2.05, 4.69) is 39.0 Å². The number of rotatable bonds is 4. The van der Waals surface area contributed by atoms with Crippen molar-refractivity contribution in [2.45, 2.75) is 40.0 Å². The number of nitrogens with two attached hydrogens (primary N) is 1. The molecule has 1 unspecified atom stereocenters. The van der Waals surface area contributed by atoms with Crippen molar-refractivity contribution in [3.05, 3.63) is 29.3 Å². The minimum absolute atomic E-state index is 0.0550. The molecule has 0 fully saturated rings. The van der Waals surface area contributed by atoms with Crippen LogP contribution >= 0.6 is 0 Å². The van der Waals surface area contributed by atoms with E-state index in [1.54, 1.807) is 0 Å². The maximum atomic E-state index is 12.8. The lowest BCUT2D eigenvalue weighted by molar-refractivity contribution is -0.122. The standard InChI is InChI=1S/C17H26N2O/c1-12(2)10-15(11-18)17(20)19-9-5-8-14-7-4-6-13(3)16(14)19/h4,6-7,12,15H,5,8-11,18H2,1-3H3. The Morgan fingerprint density at radius 1 is 1.40 bits per heavy atom. The maximum absolute atomic E-state index is 12.8. The zero-order chi connectivity index (χ0) is 14.7. The molecule has 1 heterocycles. The van der Waals surface area contributed by atoms with Gasteiger partial charge in [-0.25, -0.2) is 0 Å². The molecule has 0 saturated carbocycles. The Labute approximate surface area is 122 Å². The van der Waals surface area contributed by atoms with Crippen LogP contribution in [0.5, 0.6) is 0 Å². The van der Waals surface area contributed by atoms with Gasteiger partial charge in [0, 0.05) is 18.8 Å². The molecule has 2 rings (SSSR count). The van der Waals surface area contributed by atoms with E-state index in [1.165, 1.54) is 11.1 Å². The van der Waals surface area contributed by atoms with E-state index in [9.17, 15) is 4.79 Å². The van der Waals surface area contributed by atoms with Crippen molar-refractivity contribution < 1.29 is 4.79 Å². The molecule has 1 aromatic carbocycles. The third kappa shape index (κ3) is 3.04. The highest BCUT2D eigenvalue weighted by Gasteiger charge is 2.29. The van der Waals surface area contributed by atoms with Gasteiger partial charge in [-0.15, -0.1) is 0 Å². The average Bonchev–Trinajstić information content (AvgIpc) is 2.43. The molecule has 3 nitrogen and oxygen atoms in total. The second kappa shape index (κ2) is 6.40. The summed E-state index contributed by atoms with van der Waals surface area (Å²) < 4.78 is 0. The highest BCUT2D eigenvalue weighted by Crippen LogP contribution is 2.32. The van der Waals surface area contributed by atoms with Crippen LogP contribution in [0.4, 0.5) is 5.69 Å². The lowest BCUT2D eigenvalue weighted by atomic mass is 9.92. The van der Waals surface area contributed by atoms with Crippen LogP contribution in [-0.2, 0) is 11.2 Å².